The van der Waals surface area contributed by atoms with E-state index < -0.39 is 0 Å². The van der Waals surface area contributed by atoms with E-state index in [1.807, 2.05) is 11.8 Å². The van der Waals surface area contributed by atoms with Gasteiger partial charge in [-0.3, -0.25) is 4.79 Å². The van der Waals surface area contributed by atoms with Crippen LogP contribution in [0.5, 0.6) is 0 Å². The molecule has 2 aliphatic rings. The lowest BCUT2D eigenvalue weighted by atomic mass is 9.85. The summed E-state index contributed by atoms with van der Waals surface area (Å²) in [6.45, 7) is 4.14. The topological polar surface area (TPSA) is 41.6 Å². The Kier molecular flexibility index (Phi) is 5.01. The van der Waals surface area contributed by atoms with Crippen molar-refractivity contribution in [2.75, 3.05) is 26.8 Å². The number of fused-ring (bicyclic) bond motifs is 1. The number of amides is 1. The Balaban J connectivity index is 1.88. The Morgan fingerprint density at radius 3 is 2.83 bits per heavy atom. The first kappa shape index (κ1) is 13.8. The number of carbonyl (C=O) groups is 1. The highest BCUT2D eigenvalue weighted by molar-refractivity contribution is 5.82. The van der Waals surface area contributed by atoms with Gasteiger partial charge in [-0.25, -0.2) is 0 Å². The Bertz CT molecular complexity index is 269. The normalized spacial score (nSPS) is 31.1. The van der Waals surface area contributed by atoms with Crippen LogP contribution in [-0.4, -0.2) is 49.7 Å². The smallest absolute Gasteiger partial charge is 0.239 e. The first-order valence-corrected chi connectivity index (χ1v) is 7.30. The van der Waals surface area contributed by atoms with Crippen molar-refractivity contribution >= 4 is 5.91 Å². The minimum Gasteiger partial charge on any atom is -0.383 e. The van der Waals surface area contributed by atoms with Gasteiger partial charge in [0.1, 0.15) is 0 Å². The number of hydrogen-bond acceptors (Lipinski definition) is 3. The average Bonchev–Trinajstić information content (AvgIpc) is 2.83. The summed E-state index contributed by atoms with van der Waals surface area (Å²) < 4.78 is 5.07. The van der Waals surface area contributed by atoms with Gasteiger partial charge in [-0.2, -0.15) is 0 Å². The zero-order valence-electron chi connectivity index (χ0n) is 11.7. The monoisotopic (exact) mass is 254 g/mol. The van der Waals surface area contributed by atoms with Crippen LogP contribution in [0, 0.1) is 5.92 Å². The van der Waals surface area contributed by atoms with Crippen molar-refractivity contribution < 1.29 is 9.53 Å². The molecule has 3 unspecified atom stereocenters. The van der Waals surface area contributed by atoms with Gasteiger partial charge in [0.15, 0.2) is 0 Å². The van der Waals surface area contributed by atoms with E-state index in [0.29, 0.717) is 19.2 Å². The molecule has 4 nitrogen and oxygen atoms in total. The Morgan fingerprint density at radius 1 is 1.39 bits per heavy atom. The molecule has 4 heteroatoms. The highest BCUT2D eigenvalue weighted by atomic mass is 16.5. The third-order valence-electron chi connectivity index (χ3n) is 4.42. The SMILES string of the molecule is CCN(CCOC)C(=O)C1CC2CCCCC2N1. The molecule has 1 saturated carbocycles. The quantitative estimate of drug-likeness (QED) is 0.806. The average molecular weight is 254 g/mol. The fraction of sp³-hybridized carbons (Fsp3) is 0.929. The summed E-state index contributed by atoms with van der Waals surface area (Å²) in [7, 11) is 1.68. The van der Waals surface area contributed by atoms with Gasteiger partial charge in [-0.15, -0.1) is 0 Å². The standard InChI is InChI=1S/C14H26N2O2/c1-3-16(8-9-18-2)14(17)13-10-11-6-4-5-7-12(11)15-13/h11-13,15H,3-10H2,1-2H3. The minimum absolute atomic E-state index is 0.0508. The molecule has 1 heterocycles. The molecule has 18 heavy (non-hydrogen) atoms. The van der Waals surface area contributed by atoms with Crippen LogP contribution < -0.4 is 5.32 Å². The summed E-state index contributed by atoms with van der Waals surface area (Å²) in [4.78, 5) is 14.3. The van der Waals surface area contributed by atoms with Gasteiger partial charge < -0.3 is 15.0 Å². The van der Waals surface area contributed by atoms with Crippen LogP contribution in [0.3, 0.4) is 0 Å². The van der Waals surface area contributed by atoms with E-state index in [2.05, 4.69) is 5.32 Å². The summed E-state index contributed by atoms with van der Waals surface area (Å²) in [5, 5.41) is 3.55. The van der Waals surface area contributed by atoms with Crippen LogP contribution in [0.1, 0.15) is 39.0 Å². The van der Waals surface area contributed by atoms with E-state index in [1.54, 1.807) is 7.11 Å². The van der Waals surface area contributed by atoms with E-state index in [9.17, 15) is 4.79 Å². The van der Waals surface area contributed by atoms with Crippen LogP contribution >= 0.6 is 0 Å². The van der Waals surface area contributed by atoms with E-state index in [0.717, 1.165) is 18.9 Å². The second-order valence-electron chi connectivity index (χ2n) is 5.52. The molecule has 0 aromatic heterocycles. The molecule has 0 aromatic carbocycles. The predicted molar refractivity (Wildman–Crippen MR) is 71.4 cm³/mol. The molecule has 0 bridgehead atoms. The lowest BCUT2D eigenvalue weighted by Gasteiger charge is -2.25. The van der Waals surface area contributed by atoms with Gasteiger partial charge in [0.2, 0.25) is 5.91 Å². The van der Waals surface area contributed by atoms with Gasteiger partial charge >= 0.3 is 0 Å². The largest absolute Gasteiger partial charge is 0.383 e. The minimum atomic E-state index is 0.0508. The lowest BCUT2D eigenvalue weighted by Crippen LogP contribution is -2.46. The van der Waals surface area contributed by atoms with Crippen molar-refractivity contribution in [1.82, 2.24) is 10.2 Å². The van der Waals surface area contributed by atoms with Crippen LogP contribution in [0.15, 0.2) is 0 Å². The number of methoxy groups -OCH3 is 1. The van der Waals surface area contributed by atoms with Crippen LogP contribution in [0.4, 0.5) is 0 Å². The number of hydrogen-bond donors (Lipinski definition) is 1. The maximum Gasteiger partial charge on any atom is 0.239 e. The van der Waals surface area contributed by atoms with E-state index >= 15 is 0 Å². The highest BCUT2D eigenvalue weighted by Crippen LogP contribution is 2.33. The van der Waals surface area contributed by atoms with Gasteiger partial charge in [0.25, 0.3) is 0 Å². The van der Waals surface area contributed by atoms with Crippen LogP contribution in [0.25, 0.3) is 0 Å². The number of nitrogens with one attached hydrogen (secondary N) is 1. The van der Waals surface area contributed by atoms with E-state index in [-0.39, 0.29) is 11.9 Å². The first-order chi connectivity index (χ1) is 8.76. The maximum absolute atomic E-state index is 12.4. The van der Waals surface area contributed by atoms with E-state index in [4.69, 9.17) is 4.74 Å². The fourth-order valence-corrected chi connectivity index (χ4v) is 3.36. The van der Waals surface area contributed by atoms with Crippen molar-refractivity contribution in [3.63, 3.8) is 0 Å². The highest BCUT2D eigenvalue weighted by Gasteiger charge is 2.39. The number of rotatable bonds is 5. The third kappa shape index (κ3) is 3.04. The van der Waals surface area contributed by atoms with E-state index in [1.165, 1.54) is 25.7 Å². The molecule has 1 saturated heterocycles. The third-order valence-corrected chi connectivity index (χ3v) is 4.42. The van der Waals surface area contributed by atoms with Crippen molar-refractivity contribution in [2.45, 2.75) is 51.1 Å². The number of nitrogens with zero attached hydrogens (tertiary/aromatic N) is 1. The van der Waals surface area contributed by atoms with Crippen molar-refractivity contribution in [1.29, 1.82) is 0 Å². The van der Waals surface area contributed by atoms with Crippen molar-refractivity contribution in [3.05, 3.63) is 0 Å². The molecular formula is C14H26N2O2. The number of ether oxygens (including phenoxy) is 1. The second kappa shape index (κ2) is 6.53. The number of likely N-dealkylation sites (N-methyl/N-ethyl adjacent to an activating group) is 1. The number of carbonyl (C=O) groups excluding carboxylic acids is 1. The van der Waals surface area contributed by atoms with Gasteiger partial charge in [0, 0.05) is 26.2 Å². The fourth-order valence-electron chi connectivity index (χ4n) is 3.36. The summed E-state index contributed by atoms with van der Waals surface area (Å²) in [6, 6.07) is 0.642. The Morgan fingerprint density at radius 2 is 2.17 bits per heavy atom. The Labute approximate surface area is 110 Å². The molecule has 1 aliphatic carbocycles. The van der Waals surface area contributed by atoms with Crippen LogP contribution in [0.2, 0.25) is 0 Å². The summed E-state index contributed by atoms with van der Waals surface area (Å²) in [5.74, 6) is 0.998. The summed E-state index contributed by atoms with van der Waals surface area (Å²) in [6.07, 6.45) is 6.23. The van der Waals surface area contributed by atoms with Crippen LogP contribution in [-0.2, 0) is 9.53 Å². The zero-order chi connectivity index (χ0) is 13.0. The summed E-state index contributed by atoms with van der Waals surface area (Å²) in [5.41, 5.74) is 0. The lowest BCUT2D eigenvalue weighted by molar-refractivity contribution is -0.133. The molecule has 1 amide bonds. The summed E-state index contributed by atoms with van der Waals surface area (Å²) >= 11 is 0. The predicted octanol–water partition coefficient (Wildman–Crippen LogP) is 1.40. The molecular weight excluding hydrogens is 228 g/mol. The first-order valence-electron chi connectivity index (χ1n) is 7.30. The second-order valence-corrected chi connectivity index (χ2v) is 5.52. The molecule has 104 valence electrons. The molecule has 0 radical (unpaired) electrons. The van der Waals surface area contributed by atoms with Gasteiger partial charge in [-0.05, 0) is 32.1 Å². The van der Waals surface area contributed by atoms with Crippen molar-refractivity contribution in [3.8, 4) is 0 Å². The van der Waals surface area contributed by atoms with Gasteiger partial charge in [0.05, 0.1) is 12.6 Å². The maximum atomic E-state index is 12.4. The van der Waals surface area contributed by atoms with Crippen molar-refractivity contribution in [2.24, 2.45) is 5.92 Å². The van der Waals surface area contributed by atoms with Gasteiger partial charge in [-0.1, -0.05) is 12.8 Å². The molecule has 2 rings (SSSR count). The molecule has 3 atom stereocenters. The Hall–Kier alpha value is -0.610. The zero-order valence-corrected chi connectivity index (χ0v) is 11.7. The molecule has 1 aliphatic heterocycles. The molecule has 0 aromatic rings. The molecule has 0 spiro atoms. The molecule has 2 fully saturated rings. The molecule has 1 N–H and O–H groups in total.